The van der Waals surface area contributed by atoms with E-state index in [2.05, 4.69) is 74.8 Å². The van der Waals surface area contributed by atoms with E-state index < -0.39 is 0 Å². The Morgan fingerprint density at radius 3 is 2.64 bits per heavy atom. The number of nitrogens with one attached hydrogen (secondary N) is 2. The zero-order chi connectivity index (χ0) is 17.4. The summed E-state index contributed by atoms with van der Waals surface area (Å²) in [5.41, 5.74) is 5.09. The smallest absolute Gasteiger partial charge is 0.160 e. The van der Waals surface area contributed by atoms with Crippen LogP contribution in [0.4, 0.5) is 5.82 Å². The third-order valence-corrected chi connectivity index (χ3v) is 4.25. The van der Waals surface area contributed by atoms with Crippen molar-refractivity contribution in [1.29, 1.82) is 0 Å². The standard InChI is InChI=1S/C18H19N7/c1-11-8-12(2)25(24-11)15-6-4-14(5-7-15)13(3)22-17-16-9-21-23-18(16)20-10-19-17/h4-10,13H,1-3H3,(H2,19,20,21,22,23). The van der Waals surface area contributed by atoms with Gasteiger partial charge in [-0.2, -0.15) is 10.2 Å². The molecular weight excluding hydrogens is 314 g/mol. The average Bonchev–Trinajstić information content (AvgIpc) is 3.21. The van der Waals surface area contributed by atoms with Crippen molar-refractivity contribution in [3.63, 3.8) is 0 Å². The van der Waals surface area contributed by atoms with Crippen LogP contribution >= 0.6 is 0 Å². The molecule has 2 N–H and O–H groups in total. The lowest BCUT2D eigenvalue weighted by Gasteiger charge is -2.16. The van der Waals surface area contributed by atoms with Gasteiger partial charge >= 0.3 is 0 Å². The number of aromatic amines is 1. The molecule has 7 nitrogen and oxygen atoms in total. The first-order chi connectivity index (χ1) is 12.1. The molecule has 0 aliphatic rings. The van der Waals surface area contributed by atoms with Crippen molar-refractivity contribution in [2.75, 3.05) is 5.32 Å². The van der Waals surface area contributed by atoms with Crippen LogP contribution in [0.25, 0.3) is 16.7 Å². The second-order valence-corrected chi connectivity index (χ2v) is 6.15. The van der Waals surface area contributed by atoms with Gasteiger partial charge in [-0.15, -0.1) is 0 Å². The van der Waals surface area contributed by atoms with E-state index >= 15 is 0 Å². The molecule has 0 radical (unpaired) electrons. The highest BCUT2D eigenvalue weighted by atomic mass is 15.3. The Balaban J connectivity index is 1.57. The minimum absolute atomic E-state index is 0.0995. The van der Waals surface area contributed by atoms with Crippen LogP contribution in [0.1, 0.15) is 29.9 Å². The van der Waals surface area contributed by atoms with Crippen molar-refractivity contribution in [2.45, 2.75) is 26.8 Å². The van der Waals surface area contributed by atoms with E-state index in [-0.39, 0.29) is 6.04 Å². The maximum atomic E-state index is 4.52. The largest absolute Gasteiger partial charge is 0.363 e. The SMILES string of the molecule is Cc1cc(C)n(-c2ccc(C(C)Nc3ncnc4[nH]ncc34)cc2)n1. The van der Waals surface area contributed by atoms with Gasteiger partial charge in [0.1, 0.15) is 12.1 Å². The van der Waals surface area contributed by atoms with Crippen LogP contribution in [0.5, 0.6) is 0 Å². The van der Waals surface area contributed by atoms with Gasteiger partial charge in [0.2, 0.25) is 0 Å². The van der Waals surface area contributed by atoms with Crippen LogP contribution in [-0.4, -0.2) is 29.9 Å². The van der Waals surface area contributed by atoms with Crippen molar-refractivity contribution in [3.05, 3.63) is 59.8 Å². The minimum atomic E-state index is 0.0995. The van der Waals surface area contributed by atoms with Gasteiger partial charge in [0.05, 0.1) is 23.0 Å². The van der Waals surface area contributed by atoms with Crippen LogP contribution < -0.4 is 5.32 Å². The first kappa shape index (κ1) is 15.3. The van der Waals surface area contributed by atoms with Gasteiger partial charge in [0, 0.05) is 11.7 Å². The topological polar surface area (TPSA) is 84.3 Å². The van der Waals surface area contributed by atoms with Crippen molar-refractivity contribution in [3.8, 4) is 5.69 Å². The lowest BCUT2D eigenvalue weighted by atomic mass is 10.1. The highest BCUT2D eigenvalue weighted by Gasteiger charge is 2.11. The maximum absolute atomic E-state index is 4.52. The molecule has 1 unspecified atom stereocenters. The van der Waals surface area contributed by atoms with Crippen LogP contribution in [0.3, 0.4) is 0 Å². The molecule has 0 aliphatic heterocycles. The number of nitrogens with zero attached hydrogens (tertiary/aromatic N) is 5. The number of aryl methyl sites for hydroxylation is 2. The van der Waals surface area contributed by atoms with E-state index in [4.69, 9.17) is 0 Å². The zero-order valence-corrected chi connectivity index (χ0v) is 14.4. The van der Waals surface area contributed by atoms with Crippen LogP contribution in [-0.2, 0) is 0 Å². The molecule has 0 bridgehead atoms. The summed E-state index contributed by atoms with van der Waals surface area (Å²) in [6.07, 6.45) is 3.26. The molecule has 4 aromatic rings. The summed E-state index contributed by atoms with van der Waals surface area (Å²) >= 11 is 0. The Kier molecular flexibility index (Phi) is 3.68. The molecule has 0 saturated carbocycles. The van der Waals surface area contributed by atoms with Gasteiger partial charge in [-0.1, -0.05) is 12.1 Å². The lowest BCUT2D eigenvalue weighted by molar-refractivity contribution is 0.828. The highest BCUT2D eigenvalue weighted by molar-refractivity contribution is 5.85. The molecule has 25 heavy (non-hydrogen) atoms. The van der Waals surface area contributed by atoms with E-state index in [1.54, 1.807) is 6.20 Å². The van der Waals surface area contributed by atoms with E-state index in [0.717, 1.165) is 33.9 Å². The fourth-order valence-corrected chi connectivity index (χ4v) is 2.96. The maximum Gasteiger partial charge on any atom is 0.160 e. The van der Waals surface area contributed by atoms with E-state index in [1.807, 2.05) is 11.6 Å². The lowest BCUT2D eigenvalue weighted by Crippen LogP contribution is -2.09. The monoisotopic (exact) mass is 333 g/mol. The molecule has 1 aromatic carbocycles. The molecule has 0 saturated heterocycles. The van der Waals surface area contributed by atoms with Gasteiger partial charge in [0.15, 0.2) is 5.65 Å². The summed E-state index contributed by atoms with van der Waals surface area (Å²) in [5.74, 6) is 0.772. The number of aromatic nitrogens is 6. The Morgan fingerprint density at radius 1 is 1.12 bits per heavy atom. The number of rotatable bonds is 4. The van der Waals surface area contributed by atoms with Crippen LogP contribution in [0.15, 0.2) is 42.9 Å². The fourth-order valence-electron chi connectivity index (χ4n) is 2.96. The summed E-state index contributed by atoms with van der Waals surface area (Å²) in [6, 6.07) is 10.6. The van der Waals surface area contributed by atoms with Crippen LogP contribution in [0.2, 0.25) is 0 Å². The molecule has 0 fully saturated rings. The molecule has 0 aliphatic carbocycles. The molecule has 4 rings (SSSR count). The van der Waals surface area contributed by atoms with Crippen molar-refractivity contribution in [2.24, 2.45) is 0 Å². The Labute approximate surface area is 145 Å². The summed E-state index contributed by atoms with van der Waals surface area (Å²) in [4.78, 5) is 8.49. The third kappa shape index (κ3) is 2.84. The summed E-state index contributed by atoms with van der Waals surface area (Å²) in [7, 11) is 0. The van der Waals surface area contributed by atoms with Crippen molar-refractivity contribution >= 4 is 16.9 Å². The van der Waals surface area contributed by atoms with E-state index in [9.17, 15) is 0 Å². The van der Waals surface area contributed by atoms with Gasteiger partial charge in [-0.25, -0.2) is 14.6 Å². The third-order valence-electron chi connectivity index (χ3n) is 4.25. The van der Waals surface area contributed by atoms with E-state index in [1.165, 1.54) is 11.9 Å². The predicted molar refractivity (Wildman–Crippen MR) is 96.8 cm³/mol. The minimum Gasteiger partial charge on any atom is -0.363 e. The second-order valence-electron chi connectivity index (χ2n) is 6.15. The number of fused-ring (bicyclic) bond motifs is 1. The Hall–Kier alpha value is -3.22. The first-order valence-corrected chi connectivity index (χ1v) is 8.16. The Bertz CT molecular complexity index is 1010. The van der Waals surface area contributed by atoms with Gasteiger partial charge in [-0.05, 0) is 44.5 Å². The highest BCUT2D eigenvalue weighted by Crippen LogP contribution is 2.23. The summed E-state index contributed by atoms with van der Waals surface area (Å²) in [6.45, 7) is 6.16. The fraction of sp³-hybridized carbons (Fsp3) is 0.222. The molecule has 1 atom stereocenters. The number of hydrogen-bond donors (Lipinski definition) is 2. The molecule has 3 aromatic heterocycles. The predicted octanol–water partition coefficient (Wildman–Crippen LogP) is 3.33. The molecule has 0 spiro atoms. The van der Waals surface area contributed by atoms with Gasteiger partial charge < -0.3 is 5.32 Å². The second kappa shape index (κ2) is 6.01. The normalized spacial score (nSPS) is 12.4. The first-order valence-electron chi connectivity index (χ1n) is 8.16. The molecule has 0 amide bonds. The number of anilines is 1. The number of H-pyrrole nitrogens is 1. The summed E-state index contributed by atoms with van der Waals surface area (Å²) < 4.78 is 1.96. The molecule has 3 heterocycles. The van der Waals surface area contributed by atoms with E-state index in [0.29, 0.717) is 0 Å². The van der Waals surface area contributed by atoms with Gasteiger partial charge in [0.25, 0.3) is 0 Å². The quantitative estimate of drug-likeness (QED) is 0.598. The van der Waals surface area contributed by atoms with Crippen LogP contribution in [0, 0.1) is 13.8 Å². The number of hydrogen-bond acceptors (Lipinski definition) is 5. The van der Waals surface area contributed by atoms with Crippen molar-refractivity contribution in [1.82, 2.24) is 29.9 Å². The molecular formula is C18H19N7. The molecule has 7 heteroatoms. The Morgan fingerprint density at radius 2 is 1.92 bits per heavy atom. The number of benzene rings is 1. The van der Waals surface area contributed by atoms with Crippen molar-refractivity contribution < 1.29 is 0 Å². The average molecular weight is 333 g/mol. The summed E-state index contributed by atoms with van der Waals surface area (Å²) in [5, 5.41) is 15.7. The zero-order valence-electron chi connectivity index (χ0n) is 14.4. The van der Waals surface area contributed by atoms with Gasteiger partial charge in [-0.3, -0.25) is 5.10 Å². The molecule has 126 valence electrons.